The fraction of sp³-hybridized carbons (Fsp3) is 0.636. The number of nitrogens with zero attached hydrogens (tertiary/aromatic N) is 4. The zero-order valence-corrected chi connectivity index (χ0v) is 10.9. The molecule has 0 unspecified atom stereocenters. The Morgan fingerprint density at radius 3 is 2.50 bits per heavy atom. The van der Waals surface area contributed by atoms with Gasteiger partial charge in [-0.05, 0) is 26.3 Å². The average Bonchev–Trinajstić information content (AvgIpc) is 2.29. The van der Waals surface area contributed by atoms with E-state index in [2.05, 4.69) is 33.1 Å². The predicted octanol–water partition coefficient (Wildman–Crippen LogP) is 1.26. The lowest BCUT2D eigenvalue weighted by Crippen LogP contribution is -2.45. The van der Waals surface area contributed by atoms with E-state index in [1.165, 1.54) is 0 Å². The number of hydrogen-bond acceptors (Lipinski definition) is 5. The molecule has 88 valence electrons. The summed E-state index contributed by atoms with van der Waals surface area (Å²) < 4.78 is 0. The van der Waals surface area contributed by atoms with Gasteiger partial charge >= 0.3 is 0 Å². The van der Waals surface area contributed by atoms with Crippen molar-refractivity contribution in [3.8, 4) is 0 Å². The molecule has 0 radical (unpaired) electrons. The lowest BCUT2D eigenvalue weighted by atomic mass is 10.3. The molecule has 0 N–H and O–H groups in total. The van der Waals surface area contributed by atoms with Gasteiger partial charge in [0.05, 0.1) is 0 Å². The first kappa shape index (κ1) is 11.7. The molecule has 4 nitrogen and oxygen atoms in total. The summed E-state index contributed by atoms with van der Waals surface area (Å²) >= 11 is 1.67. The summed E-state index contributed by atoms with van der Waals surface area (Å²) in [7, 11) is 2.15. The van der Waals surface area contributed by atoms with Crippen LogP contribution in [0.2, 0.25) is 0 Å². The molecule has 1 aromatic rings. The molecule has 1 aliphatic rings. The lowest BCUT2D eigenvalue weighted by Gasteiger charge is -2.32. The SMILES string of the molecule is CSc1cc(C)nc(N2CCN(C)CC2)n1. The van der Waals surface area contributed by atoms with Crippen LogP contribution in [0.4, 0.5) is 5.95 Å². The maximum atomic E-state index is 4.56. The first-order chi connectivity index (χ1) is 7.69. The number of likely N-dealkylation sites (N-methyl/N-ethyl adjacent to an activating group) is 1. The van der Waals surface area contributed by atoms with Gasteiger partial charge < -0.3 is 9.80 Å². The Labute approximate surface area is 101 Å². The van der Waals surface area contributed by atoms with Gasteiger partial charge in [-0.25, -0.2) is 9.97 Å². The molecule has 1 fully saturated rings. The molecule has 16 heavy (non-hydrogen) atoms. The van der Waals surface area contributed by atoms with Gasteiger partial charge in [-0.15, -0.1) is 11.8 Å². The number of thioether (sulfide) groups is 1. The van der Waals surface area contributed by atoms with Crippen molar-refractivity contribution in [1.29, 1.82) is 0 Å². The van der Waals surface area contributed by atoms with Crippen molar-refractivity contribution in [2.75, 3.05) is 44.4 Å². The van der Waals surface area contributed by atoms with Crippen LogP contribution >= 0.6 is 11.8 Å². The molecule has 1 aromatic heterocycles. The number of hydrogen-bond donors (Lipinski definition) is 0. The first-order valence-corrected chi connectivity index (χ1v) is 6.74. The van der Waals surface area contributed by atoms with Gasteiger partial charge in [0, 0.05) is 31.9 Å². The molecule has 0 aromatic carbocycles. The van der Waals surface area contributed by atoms with Gasteiger partial charge in [0.2, 0.25) is 5.95 Å². The monoisotopic (exact) mass is 238 g/mol. The Hall–Kier alpha value is -0.810. The molecule has 1 aliphatic heterocycles. The van der Waals surface area contributed by atoms with Gasteiger partial charge in [0.25, 0.3) is 0 Å². The minimum atomic E-state index is 0.887. The number of anilines is 1. The second-order valence-electron chi connectivity index (χ2n) is 4.14. The Kier molecular flexibility index (Phi) is 3.66. The standard InChI is InChI=1S/C11H18N4S/c1-9-8-10(16-3)13-11(12-9)15-6-4-14(2)5-7-15/h8H,4-7H2,1-3H3. The Morgan fingerprint density at radius 1 is 1.19 bits per heavy atom. The molecule has 0 spiro atoms. The summed E-state index contributed by atoms with van der Waals surface area (Å²) in [4.78, 5) is 13.7. The van der Waals surface area contributed by atoms with E-state index >= 15 is 0 Å². The zero-order chi connectivity index (χ0) is 11.5. The quantitative estimate of drug-likeness (QED) is 0.572. The summed E-state index contributed by atoms with van der Waals surface area (Å²) in [6.45, 7) is 6.25. The van der Waals surface area contributed by atoms with Crippen LogP contribution in [-0.4, -0.2) is 54.4 Å². The van der Waals surface area contributed by atoms with Gasteiger partial charge in [0.15, 0.2) is 0 Å². The summed E-state index contributed by atoms with van der Waals surface area (Å²) in [5, 5.41) is 1.06. The van der Waals surface area contributed by atoms with E-state index in [1.54, 1.807) is 11.8 Å². The topological polar surface area (TPSA) is 32.3 Å². The largest absolute Gasteiger partial charge is 0.338 e. The highest BCUT2D eigenvalue weighted by atomic mass is 32.2. The molecule has 2 rings (SSSR count). The fourth-order valence-corrected chi connectivity index (χ4v) is 2.24. The smallest absolute Gasteiger partial charge is 0.226 e. The normalized spacial score (nSPS) is 17.8. The van der Waals surface area contributed by atoms with Crippen LogP contribution in [-0.2, 0) is 0 Å². The second-order valence-corrected chi connectivity index (χ2v) is 4.97. The van der Waals surface area contributed by atoms with Gasteiger partial charge in [-0.2, -0.15) is 0 Å². The molecular weight excluding hydrogens is 220 g/mol. The number of piperazine rings is 1. The van der Waals surface area contributed by atoms with Gasteiger partial charge in [0.1, 0.15) is 5.03 Å². The average molecular weight is 238 g/mol. The van der Waals surface area contributed by atoms with Crippen molar-refractivity contribution in [1.82, 2.24) is 14.9 Å². The molecule has 0 amide bonds. The van der Waals surface area contributed by atoms with Crippen LogP contribution in [0, 0.1) is 6.92 Å². The molecular formula is C11H18N4S. The second kappa shape index (κ2) is 5.01. The van der Waals surface area contributed by atoms with E-state index in [1.807, 2.05) is 13.0 Å². The number of rotatable bonds is 2. The van der Waals surface area contributed by atoms with Crippen LogP contribution in [0.3, 0.4) is 0 Å². The van der Waals surface area contributed by atoms with Crippen LogP contribution in [0.1, 0.15) is 5.69 Å². The summed E-state index contributed by atoms with van der Waals surface area (Å²) in [6.07, 6.45) is 2.05. The Bertz CT molecular complexity index is 361. The van der Waals surface area contributed by atoms with Crippen molar-refractivity contribution < 1.29 is 0 Å². The highest BCUT2D eigenvalue weighted by Crippen LogP contribution is 2.17. The fourth-order valence-electron chi connectivity index (χ4n) is 1.78. The Morgan fingerprint density at radius 2 is 1.88 bits per heavy atom. The van der Waals surface area contributed by atoms with Crippen molar-refractivity contribution in [3.63, 3.8) is 0 Å². The predicted molar refractivity (Wildman–Crippen MR) is 68.3 cm³/mol. The van der Waals surface area contributed by atoms with Crippen LogP contribution in [0.5, 0.6) is 0 Å². The number of aryl methyl sites for hydroxylation is 1. The summed E-state index contributed by atoms with van der Waals surface area (Å²) in [5.41, 5.74) is 1.05. The van der Waals surface area contributed by atoms with Crippen molar-refractivity contribution in [2.45, 2.75) is 11.9 Å². The van der Waals surface area contributed by atoms with Crippen LogP contribution in [0.25, 0.3) is 0 Å². The van der Waals surface area contributed by atoms with Crippen molar-refractivity contribution in [3.05, 3.63) is 11.8 Å². The van der Waals surface area contributed by atoms with Gasteiger partial charge in [-0.1, -0.05) is 0 Å². The van der Waals surface area contributed by atoms with E-state index in [4.69, 9.17) is 0 Å². The third kappa shape index (κ3) is 2.65. The third-order valence-corrected chi connectivity index (χ3v) is 3.44. The molecule has 5 heteroatoms. The Balaban J connectivity index is 2.16. The maximum Gasteiger partial charge on any atom is 0.226 e. The molecule has 0 saturated carbocycles. The highest BCUT2D eigenvalue weighted by molar-refractivity contribution is 7.98. The van der Waals surface area contributed by atoms with E-state index in [-0.39, 0.29) is 0 Å². The first-order valence-electron chi connectivity index (χ1n) is 5.52. The minimum absolute atomic E-state index is 0.887. The van der Waals surface area contributed by atoms with Gasteiger partial charge in [-0.3, -0.25) is 0 Å². The van der Waals surface area contributed by atoms with E-state index in [0.29, 0.717) is 0 Å². The van der Waals surface area contributed by atoms with E-state index < -0.39 is 0 Å². The van der Waals surface area contributed by atoms with Crippen molar-refractivity contribution >= 4 is 17.7 Å². The number of aromatic nitrogens is 2. The van der Waals surface area contributed by atoms with Crippen molar-refractivity contribution in [2.24, 2.45) is 0 Å². The summed E-state index contributed by atoms with van der Waals surface area (Å²) in [6, 6.07) is 2.03. The molecule has 0 bridgehead atoms. The lowest BCUT2D eigenvalue weighted by molar-refractivity contribution is 0.311. The molecule has 0 aliphatic carbocycles. The van der Waals surface area contributed by atoms with Crippen LogP contribution in [0.15, 0.2) is 11.1 Å². The third-order valence-electron chi connectivity index (χ3n) is 2.81. The minimum Gasteiger partial charge on any atom is -0.338 e. The maximum absolute atomic E-state index is 4.56. The molecule has 2 heterocycles. The molecule has 1 saturated heterocycles. The summed E-state index contributed by atoms with van der Waals surface area (Å²) in [5.74, 6) is 0.887. The zero-order valence-electron chi connectivity index (χ0n) is 10.1. The van der Waals surface area contributed by atoms with E-state index in [0.717, 1.165) is 42.8 Å². The van der Waals surface area contributed by atoms with Crippen LogP contribution < -0.4 is 4.90 Å². The van der Waals surface area contributed by atoms with E-state index in [9.17, 15) is 0 Å². The molecule has 0 atom stereocenters. The highest BCUT2D eigenvalue weighted by Gasteiger charge is 2.16.